The monoisotopic (exact) mass is 551 g/mol. The second-order valence-electron chi connectivity index (χ2n) is 10.8. The maximum Gasteiger partial charge on any atom is 0.201 e. The van der Waals surface area contributed by atoms with E-state index in [1.54, 1.807) is 24.3 Å². The molecule has 0 saturated heterocycles. The van der Waals surface area contributed by atoms with Gasteiger partial charge in [0.15, 0.2) is 23.2 Å². The molecule has 0 aliphatic heterocycles. The maximum atomic E-state index is 15.0. The first-order chi connectivity index (χ1) is 19.4. The van der Waals surface area contributed by atoms with Crippen LogP contribution in [0.2, 0.25) is 0 Å². The molecule has 0 bridgehead atoms. The van der Waals surface area contributed by atoms with Crippen LogP contribution < -0.4 is 4.74 Å². The molecule has 1 heterocycles. The molecule has 0 spiro atoms. The Balaban J connectivity index is 1.39. The second kappa shape index (κ2) is 14.3. The molecule has 212 valence electrons. The Kier molecular flexibility index (Phi) is 10.6. The largest absolute Gasteiger partial charge is 0.490 e. The van der Waals surface area contributed by atoms with Gasteiger partial charge < -0.3 is 4.74 Å². The molecule has 0 radical (unpaired) electrons. The van der Waals surface area contributed by atoms with Crippen molar-refractivity contribution in [1.29, 1.82) is 0 Å². The summed E-state index contributed by atoms with van der Waals surface area (Å²) in [4.78, 5) is 4.24. The van der Waals surface area contributed by atoms with Gasteiger partial charge in [0.25, 0.3) is 0 Å². The molecule has 3 aromatic rings. The Bertz CT molecular complexity index is 1330. The average Bonchev–Trinajstić information content (AvgIpc) is 2.96. The van der Waals surface area contributed by atoms with Crippen molar-refractivity contribution in [2.75, 3.05) is 6.61 Å². The normalized spacial score (nSPS) is 16.9. The van der Waals surface area contributed by atoms with E-state index in [0.29, 0.717) is 23.7 Å². The summed E-state index contributed by atoms with van der Waals surface area (Å²) >= 11 is 0. The molecule has 1 saturated carbocycles. The number of halogens is 4. The van der Waals surface area contributed by atoms with Crippen molar-refractivity contribution in [2.45, 2.75) is 84.0 Å². The number of rotatable bonds is 10. The number of nitrogens with zero attached hydrogens (tertiary/aromatic N) is 1. The summed E-state index contributed by atoms with van der Waals surface area (Å²) in [6, 6.07) is 9.15. The van der Waals surface area contributed by atoms with E-state index < -0.39 is 23.3 Å². The molecule has 2 nitrogen and oxygen atoms in total. The zero-order valence-electron chi connectivity index (χ0n) is 23.3. The van der Waals surface area contributed by atoms with Gasteiger partial charge in [0.1, 0.15) is 0 Å². The molecule has 4 rings (SSSR count). The van der Waals surface area contributed by atoms with Crippen LogP contribution in [0, 0.1) is 41.0 Å². The van der Waals surface area contributed by atoms with E-state index in [1.165, 1.54) is 37.6 Å². The van der Waals surface area contributed by atoms with Crippen molar-refractivity contribution in [1.82, 2.24) is 4.98 Å². The highest BCUT2D eigenvalue weighted by molar-refractivity contribution is 5.61. The minimum absolute atomic E-state index is 0.0385. The molecule has 6 heteroatoms. The molecule has 0 N–H and O–H groups in total. The van der Waals surface area contributed by atoms with Gasteiger partial charge >= 0.3 is 0 Å². The fourth-order valence-corrected chi connectivity index (χ4v) is 5.22. The summed E-state index contributed by atoms with van der Waals surface area (Å²) < 4.78 is 64.5. The Morgan fingerprint density at radius 2 is 1.52 bits per heavy atom. The highest BCUT2D eigenvalue weighted by atomic mass is 19.2. The summed E-state index contributed by atoms with van der Waals surface area (Å²) in [7, 11) is 0. The minimum atomic E-state index is -1.07. The Morgan fingerprint density at radius 3 is 2.25 bits per heavy atom. The Labute approximate surface area is 235 Å². The van der Waals surface area contributed by atoms with Crippen molar-refractivity contribution in [3.63, 3.8) is 0 Å². The van der Waals surface area contributed by atoms with Crippen molar-refractivity contribution < 1.29 is 22.3 Å². The lowest BCUT2D eigenvalue weighted by Crippen LogP contribution is -2.13. The van der Waals surface area contributed by atoms with E-state index in [1.807, 2.05) is 0 Å². The standard InChI is InChI=1S/C34H37F4NO/c1-3-4-5-6-7-8-21-40-30-20-16-26(31(35)34(30)38)15-11-24-12-19-29(39-22-24)28-18-17-27(32(36)33(28)37)25-13-9-23(2)10-14-25/h12,16-20,22-23,25H,3-10,13-14,21H2,1-2H3. The number of ether oxygens (including phenoxy) is 1. The molecular weight excluding hydrogens is 514 g/mol. The van der Waals surface area contributed by atoms with Gasteiger partial charge in [0, 0.05) is 17.3 Å². The number of aromatic nitrogens is 1. The van der Waals surface area contributed by atoms with E-state index >= 15 is 0 Å². The molecule has 1 aromatic heterocycles. The molecule has 1 aliphatic rings. The lowest BCUT2D eigenvalue weighted by molar-refractivity contribution is 0.284. The smallest absolute Gasteiger partial charge is 0.201 e. The average molecular weight is 552 g/mol. The van der Waals surface area contributed by atoms with Gasteiger partial charge in [-0.1, -0.05) is 76.7 Å². The van der Waals surface area contributed by atoms with E-state index in [9.17, 15) is 17.6 Å². The van der Waals surface area contributed by atoms with E-state index in [-0.39, 0.29) is 28.5 Å². The van der Waals surface area contributed by atoms with Crippen LogP contribution in [0.4, 0.5) is 17.6 Å². The molecule has 0 unspecified atom stereocenters. The SMILES string of the molecule is CCCCCCCCOc1ccc(C#Cc2ccc(-c3ccc(C4CCC(C)CC4)c(F)c3F)nc2)c(F)c1F. The first kappa shape index (κ1) is 29.6. The zero-order chi connectivity index (χ0) is 28.5. The quantitative estimate of drug-likeness (QED) is 0.142. The minimum Gasteiger partial charge on any atom is -0.490 e. The molecule has 1 aliphatic carbocycles. The van der Waals surface area contributed by atoms with E-state index in [0.717, 1.165) is 44.9 Å². The molecule has 40 heavy (non-hydrogen) atoms. The number of pyridine rings is 1. The lowest BCUT2D eigenvalue weighted by Gasteiger charge is -2.27. The van der Waals surface area contributed by atoms with Crippen molar-refractivity contribution >= 4 is 0 Å². The van der Waals surface area contributed by atoms with Gasteiger partial charge in [-0.05, 0) is 67.0 Å². The highest BCUT2D eigenvalue weighted by Gasteiger charge is 2.25. The van der Waals surface area contributed by atoms with Crippen LogP contribution in [0.5, 0.6) is 5.75 Å². The third-order valence-electron chi connectivity index (χ3n) is 7.75. The number of unbranched alkanes of at least 4 members (excludes halogenated alkanes) is 5. The van der Waals surface area contributed by atoms with Crippen LogP contribution in [0.15, 0.2) is 42.6 Å². The van der Waals surface area contributed by atoms with Crippen LogP contribution >= 0.6 is 0 Å². The van der Waals surface area contributed by atoms with Gasteiger partial charge in [0.2, 0.25) is 5.82 Å². The van der Waals surface area contributed by atoms with Gasteiger partial charge in [-0.2, -0.15) is 4.39 Å². The van der Waals surface area contributed by atoms with E-state index in [4.69, 9.17) is 4.74 Å². The predicted octanol–water partition coefficient (Wildman–Crippen LogP) is 9.74. The third kappa shape index (κ3) is 7.44. The lowest BCUT2D eigenvalue weighted by atomic mass is 9.79. The summed E-state index contributed by atoms with van der Waals surface area (Å²) in [5.41, 5.74) is 1.11. The molecular formula is C34H37F4NO. The van der Waals surface area contributed by atoms with Crippen molar-refractivity contribution in [3.8, 4) is 28.8 Å². The number of benzene rings is 2. The first-order valence-electron chi connectivity index (χ1n) is 14.5. The highest BCUT2D eigenvalue weighted by Crippen LogP contribution is 2.38. The molecule has 1 fully saturated rings. The van der Waals surface area contributed by atoms with Crippen LogP contribution in [0.3, 0.4) is 0 Å². The Hall–Kier alpha value is -3.33. The van der Waals surface area contributed by atoms with Crippen LogP contribution in [0.25, 0.3) is 11.3 Å². The topological polar surface area (TPSA) is 22.1 Å². The zero-order valence-corrected chi connectivity index (χ0v) is 23.3. The fourth-order valence-electron chi connectivity index (χ4n) is 5.22. The van der Waals surface area contributed by atoms with Crippen LogP contribution in [0.1, 0.15) is 101 Å². The van der Waals surface area contributed by atoms with Crippen molar-refractivity contribution in [3.05, 3.63) is 82.6 Å². The van der Waals surface area contributed by atoms with Gasteiger partial charge in [-0.15, -0.1) is 0 Å². The first-order valence-corrected chi connectivity index (χ1v) is 14.5. The number of hydrogen-bond acceptors (Lipinski definition) is 2. The van der Waals surface area contributed by atoms with Crippen LogP contribution in [-0.4, -0.2) is 11.6 Å². The Morgan fingerprint density at radius 1 is 0.775 bits per heavy atom. The summed E-state index contributed by atoms with van der Waals surface area (Å²) in [6.45, 7) is 4.68. The van der Waals surface area contributed by atoms with E-state index in [2.05, 4.69) is 30.7 Å². The fraction of sp³-hybridized carbons (Fsp3) is 0.441. The predicted molar refractivity (Wildman–Crippen MR) is 151 cm³/mol. The third-order valence-corrected chi connectivity index (χ3v) is 7.75. The number of hydrogen-bond donors (Lipinski definition) is 0. The second-order valence-corrected chi connectivity index (χ2v) is 10.8. The summed E-state index contributed by atoms with van der Waals surface area (Å²) in [5.74, 6) is 2.08. The van der Waals surface area contributed by atoms with Crippen LogP contribution in [-0.2, 0) is 0 Å². The van der Waals surface area contributed by atoms with Gasteiger partial charge in [-0.25, -0.2) is 13.2 Å². The van der Waals surface area contributed by atoms with Crippen molar-refractivity contribution in [2.24, 2.45) is 5.92 Å². The van der Waals surface area contributed by atoms with Gasteiger partial charge in [0.05, 0.1) is 17.9 Å². The maximum absolute atomic E-state index is 15.0. The molecule has 0 atom stereocenters. The summed E-state index contributed by atoms with van der Waals surface area (Å²) in [6.07, 6.45) is 11.6. The van der Waals surface area contributed by atoms with Gasteiger partial charge in [-0.3, -0.25) is 4.98 Å². The molecule has 0 amide bonds. The summed E-state index contributed by atoms with van der Waals surface area (Å²) in [5, 5.41) is 0. The molecule has 2 aromatic carbocycles.